The first-order valence-electron chi connectivity index (χ1n) is 9.24. The highest BCUT2D eigenvalue weighted by atomic mass is 16.3. The molecule has 3 rings (SSSR count). The zero-order valence-electron chi connectivity index (χ0n) is 14.7. The molecule has 0 spiro atoms. The van der Waals surface area contributed by atoms with Crippen molar-refractivity contribution in [3.63, 3.8) is 0 Å². The molecule has 25 heavy (non-hydrogen) atoms. The molecule has 3 N–H and O–H groups in total. The number of rotatable bonds is 5. The van der Waals surface area contributed by atoms with E-state index in [4.69, 9.17) is 10.2 Å². The maximum atomic E-state index is 12.5. The number of furan rings is 1. The summed E-state index contributed by atoms with van der Waals surface area (Å²) in [6, 6.07) is 3.87. The maximum Gasteiger partial charge on any atom is 0.317 e. The molecule has 0 bridgehead atoms. The van der Waals surface area contributed by atoms with E-state index < -0.39 is 0 Å². The van der Waals surface area contributed by atoms with Crippen LogP contribution >= 0.6 is 0 Å². The number of piperidine rings is 2. The monoisotopic (exact) mass is 348 g/mol. The number of nitrogens with two attached hydrogens (primary N) is 1. The van der Waals surface area contributed by atoms with E-state index in [0.29, 0.717) is 32.5 Å². The lowest BCUT2D eigenvalue weighted by Crippen LogP contribution is -2.48. The van der Waals surface area contributed by atoms with E-state index in [1.807, 2.05) is 12.1 Å². The van der Waals surface area contributed by atoms with Gasteiger partial charge in [0.1, 0.15) is 5.76 Å². The zero-order chi connectivity index (χ0) is 17.6. The van der Waals surface area contributed by atoms with E-state index in [1.54, 1.807) is 11.2 Å². The number of hydrogen-bond acceptors (Lipinski definition) is 4. The molecule has 0 radical (unpaired) electrons. The number of hydrogen-bond donors (Lipinski definition) is 2. The molecule has 2 fully saturated rings. The number of carbonyl (C=O) groups is 2. The lowest BCUT2D eigenvalue weighted by molar-refractivity contribution is -0.123. The van der Waals surface area contributed by atoms with Crippen molar-refractivity contribution in [3.8, 4) is 0 Å². The maximum absolute atomic E-state index is 12.5. The number of urea groups is 1. The van der Waals surface area contributed by atoms with Gasteiger partial charge in [-0.15, -0.1) is 0 Å². The number of primary amides is 1. The van der Waals surface area contributed by atoms with Crippen LogP contribution in [0.2, 0.25) is 0 Å². The summed E-state index contributed by atoms with van der Waals surface area (Å²) in [6.45, 7) is 3.75. The average Bonchev–Trinajstić information content (AvgIpc) is 3.17. The van der Waals surface area contributed by atoms with Gasteiger partial charge < -0.3 is 20.4 Å². The highest BCUT2D eigenvalue weighted by molar-refractivity contribution is 5.78. The predicted molar refractivity (Wildman–Crippen MR) is 93.8 cm³/mol. The zero-order valence-corrected chi connectivity index (χ0v) is 14.7. The summed E-state index contributed by atoms with van der Waals surface area (Å²) in [6.07, 6.45) is 6.62. The van der Waals surface area contributed by atoms with E-state index in [9.17, 15) is 9.59 Å². The molecule has 0 aromatic carbocycles. The summed E-state index contributed by atoms with van der Waals surface area (Å²) in [4.78, 5) is 27.9. The van der Waals surface area contributed by atoms with Crippen LogP contribution in [0.15, 0.2) is 22.8 Å². The third-order valence-electron chi connectivity index (χ3n) is 5.33. The van der Waals surface area contributed by atoms with Gasteiger partial charge in [0.25, 0.3) is 0 Å². The Hall–Kier alpha value is -2.02. The fraction of sp³-hybridized carbons (Fsp3) is 0.667. The fourth-order valence-corrected chi connectivity index (χ4v) is 3.78. The van der Waals surface area contributed by atoms with E-state index >= 15 is 0 Å². The minimum Gasteiger partial charge on any atom is -0.468 e. The molecule has 7 nitrogen and oxygen atoms in total. The molecule has 3 amide bonds. The fourth-order valence-electron chi connectivity index (χ4n) is 3.78. The molecule has 138 valence electrons. The predicted octanol–water partition coefficient (Wildman–Crippen LogP) is 1.71. The molecule has 3 heterocycles. The molecule has 0 unspecified atom stereocenters. The van der Waals surface area contributed by atoms with Crippen LogP contribution in [0.4, 0.5) is 4.79 Å². The molecule has 2 aliphatic rings. The SMILES string of the molecule is NC(=O)C1CCN(C(=O)NC[C@@H](c2ccco2)N2CCCCC2)CC1. The molecule has 1 aromatic heterocycles. The highest BCUT2D eigenvalue weighted by Gasteiger charge is 2.28. The second-order valence-electron chi connectivity index (χ2n) is 6.98. The van der Waals surface area contributed by atoms with Gasteiger partial charge in [0, 0.05) is 25.6 Å². The minimum atomic E-state index is -0.261. The molecule has 2 aliphatic heterocycles. The summed E-state index contributed by atoms with van der Waals surface area (Å²) in [7, 11) is 0. The first kappa shape index (κ1) is 17.8. The number of likely N-dealkylation sites (tertiary alicyclic amines) is 2. The Morgan fingerprint density at radius 1 is 1.20 bits per heavy atom. The van der Waals surface area contributed by atoms with Crippen LogP contribution in [0.1, 0.15) is 43.9 Å². The summed E-state index contributed by atoms with van der Waals surface area (Å²) < 4.78 is 5.61. The van der Waals surface area contributed by atoms with Crippen molar-refractivity contribution in [1.29, 1.82) is 0 Å². The molecule has 7 heteroatoms. The van der Waals surface area contributed by atoms with Crippen molar-refractivity contribution in [2.75, 3.05) is 32.7 Å². The Bertz CT molecular complexity index is 561. The molecule has 0 aliphatic carbocycles. The Kier molecular flexibility index (Phi) is 5.96. The van der Waals surface area contributed by atoms with Gasteiger partial charge in [-0.2, -0.15) is 0 Å². The van der Waals surface area contributed by atoms with Crippen LogP contribution in [-0.2, 0) is 4.79 Å². The third kappa shape index (κ3) is 4.54. The quantitative estimate of drug-likeness (QED) is 0.847. The minimum absolute atomic E-state index is 0.0717. The van der Waals surface area contributed by atoms with Gasteiger partial charge in [-0.3, -0.25) is 9.69 Å². The van der Waals surface area contributed by atoms with Crippen molar-refractivity contribution >= 4 is 11.9 Å². The average molecular weight is 348 g/mol. The van der Waals surface area contributed by atoms with Gasteiger partial charge in [-0.05, 0) is 50.9 Å². The number of nitrogens with one attached hydrogen (secondary N) is 1. The number of amides is 3. The Morgan fingerprint density at radius 2 is 1.92 bits per heavy atom. The molecular formula is C18H28N4O3. The molecular weight excluding hydrogens is 320 g/mol. The van der Waals surface area contributed by atoms with Gasteiger partial charge in [0.15, 0.2) is 0 Å². The lowest BCUT2D eigenvalue weighted by atomic mass is 9.96. The van der Waals surface area contributed by atoms with Crippen molar-refractivity contribution in [2.24, 2.45) is 11.7 Å². The summed E-state index contributed by atoms with van der Waals surface area (Å²) in [5.74, 6) is 0.533. The summed E-state index contributed by atoms with van der Waals surface area (Å²) >= 11 is 0. The van der Waals surface area contributed by atoms with Crippen molar-refractivity contribution < 1.29 is 14.0 Å². The first-order valence-corrected chi connectivity index (χ1v) is 9.24. The van der Waals surface area contributed by atoms with E-state index in [-0.39, 0.29) is 23.9 Å². The van der Waals surface area contributed by atoms with Crippen LogP contribution in [-0.4, -0.2) is 54.5 Å². The lowest BCUT2D eigenvalue weighted by Gasteiger charge is -2.35. The van der Waals surface area contributed by atoms with Gasteiger partial charge in [-0.1, -0.05) is 6.42 Å². The molecule has 1 aromatic rings. The van der Waals surface area contributed by atoms with E-state index in [1.165, 1.54) is 19.3 Å². The van der Waals surface area contributed by atoms with Crippen LogP contribution in [0.5, 0.6) is 0 Å². The van der Waals surface area contributed by atoms with Crippen LogP contribution in [0, 0.1) is 5.92 Å². The first-order chi connectivity index (χ1) is 12.1. The normalized spacial score (nSPS) is 21.0. The van der Waals surface area contributed by atoms with Crippen LogP contribution in [0.25, 0.3) is 0 Å². The van der Waals surface area contributed by atoms with E-state index in [0.717, 1.165) is 18.8 Å². The summed E-state index contributed by atoms with van der Waals surface area (Å²) in [5, 5.41) is 3.05. The molecule has 0 saturated carbocycles. The van der Waals surface area contributed by atoms with Crippen molar-refractivity contribution in [3.05, 3.63) is 24.2 Å². The Labute approximate surface area is 148 Å². The Balaban J connectivity index is 1.54. The highest BCUT2D eigenvalue weighted by Crippen LogP contribution is 2.24. The Morgan fingerprint density at radius 3 is 2.52 bits per heavy atom. The topological polar surface area (TPSA) is 91.8 Å². The smallest absolute Gasteiger partial charge is 0.317 e. The van der Waals surface area contributed by atoms with Gasteiger partial charge in [0.05, 0.1) is 12.3 Å². The van der Waals surface area contributed by atoms with Crippen molar-refractivity contribution in [2.45, 2.75) is 38.1 Å². The van der Waals surface area contributed by atoms with Crippen LogP contribution < -0.4 is 11.1 Å². The largest absolute Gasteiger partial charge is 0.468 e. The van der Waals surface area contributed by atoms with E-state index in [2.05, 4.69) is 10.2 Å². The molecule has 1 atom stereocenters. The van der Waals surface area contributed by atoms with Crippen LogP contribution in [0.3, 0.4) is 0 Å². The summed E-state index contributed by atoms with van der Waals surface area (Å²) in [5.41, 5.74) is 5.35. The second-order valence-corrected chi connectivity index (χ2v) is 6.98. The molecule has 2 saturated heterocycles. The number of carbonyl (C=O) groups excluding carboxylic acids is 2. The van der Waals surface area contributed by atoms with Gasteiger partial charge >= 0.3 is 6.03 Å². The van der Waals surface area contributed by atoms with Gasteiger partial charge in [0.2, 0.25) is 5.91 Å². The third-order valence-corrected chi connectivity index (χ3v) is 5.33. The second kappa shape index (κ2) is 8.38. The number of nitrogens with zero attached hydrogens (tertiary/aromatic N) is 2. The van der Waals surface area contributed by atoms with Gasteiger partial charge in [-0.25, -0.2) is 4.79 Å². The standard InChI is InChI=1S/C18H28N4O3/c19-17(23)14-6-10-22(11-7-14)18(24)20-13-15(16-5-4-12-25-16)21-8-2-1-3-9-21/h4-5,12,14-15H,1-3,6-11,13H2,(H2,19,23)(H,20,24)/t15-/m0/s1. The van der Waals surface area contributed by atoms with Crippen molar-refractivity contribution in [1.82, 2.24) is 15.1 Å².